The van der Waals surface area contributed by atoms with E-state index in [1.54, 1.807) is 11.1 Å². The molecule has 0 aromatic heterocycles. The number of nitrogens with one attached hydrogen (secondary N) is 1. The summed E-state index contributed by atoms with van der Waals surface area (Å²) in [7, 11) is 0. The van der Waals surface area contributed by atoms with Crippen LogP contribution in [0.15, 0.2) is 133 Å². The zero-order valence-electron chi connectivity index (χ0n) is 27.6. The summed E-state index contributed by atoms with van der Waals surface area (Å²) >= 11 is 3.98. The lowest BCUT2D eigenvalue weighted by Gasteiger charge is -2.43. The predicted octanol–water partition coefficient (Wildman–Crippen LogP) is 11.3. The molecule has 0 radical (unpaired) electrons. The molecule has 4 heterocycles. The molecule has 3 aliphatic carbocycles. The highest BCUT2D eigenvalue weighted by Crippen LogP contribution is 2.61. The van der Waals surface area contributed by atoms with Crippen LogP contribution in [0.25, 0.3) is 5.57 Å². The van der Waals surface area contributed by atoms with E-state index in [1.807, 2.05) is 23.5 Å². The van der Waals surface area contributed by atoms with Gasteiger partial charge in [0.05, 0.1) is 6.04 Å². The highest BCUT2D eigenvalue weighted by Gasteiger charge is 2.42. The summed E-state index contributed by atoms with van der Waals surface area (Å²) in [4.78, 5) is 10.7. The van der Waals surface area contributed by atoms with Crippen molar-refractivity contribution in [3.63, 3.8) is 0 Å². The fourth-order valence-corrected chi connectivity index (χ4v) is 12.1. The second kappa shape index (κ2) is 11.9. The molecule has 2 nitrogen and oxygen atoms in total. The maximum absolute atomic E-state index is 4.95. The van der Waals surface area contributed by atoms with E-state index in [1.165, 1.54) is 72.2 Å². The number of allylic oxidation sites excluding steroid dienone is 6. The highest BCUT2D eigenvalue weighted by molar-refractivity contribution is 8.03. The number of rotatable bonds is 3. The fraction of sp³-hybridized carbons (Fsp3) is 0.341. The van der Waals surface area contributed by atoms with Crippen molar-refractivity contribution >= 4 is 35.3 Å². The van der Waals surface area contributed by atoms with Crippen molar-refractivity contribution in [2.24, 2.45) is 16.8 Å². The van der Waals surface area contributed by atoms with E-state index in [9.17, 15) is 0 Å². The van der Waals surface area contributed by atoms with Crippen molar-refractivity contribution in [3.05, 3.63) is 141 Å². The topological polar surface area (TPSA) is 24.4 Å². The van der Waals surface area contributed by atoms with Crippen molar-refractivity contribution < 1.29 is 0 Å². The van der Waals surface area contributed by atoms with Gasteiger partial charge in [-0.15, -0.1) is 0 Å². The molecule has 6 unspecified atom stereocenters. The summed E-state index contributed by atoms with van der Waals surface area (Å²) in [6, 6.07) is 25.1. The number of hydrogen-bond acceptors (Lipinski definition) is 4. The minimum Gasteiger partial charge on any atom is -0.306 e. The van der Waals surface area contributed by atoms with Gasteiger partial charge in [-0.2, -0.15) is 0 Å². The molecule has 7 atom stereocenters. The smallest absolute Gasteiger partial charge is 0.0745 e. The largest absolute Gasteiger partial charge is 0.306 e. The first-order valence-corrected chi connectivity index (χ1v) is 19.8. The Bertz CT molecular complexity index is 2010. The number of benzene rings is 3. The van der Waals surface area contributed by atoms with Gasteiger partial charge in [-0.3, -0.25) is 4.99 Å². The molecular formula is C44H42N2S2. The number of aliphatic imine (C=N–C) groups is 1. The van der Waals surface area contributed by atoms with E-state index in [4.69, 9.17) is 4.99 Å². The minimum atomic E-state index is 0.235. The van der Waals surface area contributed by atoms with Gasteiger partial charge in [0.2, 0.25) is 0 Å². The first kappa shape index (κ1) is 29.6. The van der Waals surface area contributed by atoms with Crippen molar-refractivity contribution in [3.8, 4) is 0 Å². The van der Waals surface area contributed by atoms with Crippen LogP contribution < -0.4 is 5.32 Å². The Hall–Kier alpha value is -3.31. The second-order valence-electron chi connectivity index (χ2n) is 14.9. The van der Waals surface area contributed by atoms with Crippen molar-refractivity contribution in [2.45, 2.75) is 96.5 Å². The van der Waals surface area contributed by atoms with Crippen LogP contribution in [0.1, 0.15) is 97.6 Å². The molecule has 0 spiro atoms. The summed E-state index contributed by atoms with van der Waals surface area (Å²) in [5.41, 5.74) is 12.0. The lowest BCUT2D eigenvalue weighted by atomic mass is 9.68. The van der Waals surface area contributed by atoms with Gasteiger partial charge in [0.25, 0.3) is 0 Å². The number of thioether (sulfide) groups is 1. The Morgan fingerprint density at radius 1 is 0.833 bits per heavy atom. The monoisotopic (exact) mass is 662 g/mol. The van der Waals surface area contributed by atoms with Crippen molar-refractivity contribution in [2.75, 3.05) is 0 Å². The lowest BCUT2D eigenvalue weighted by Crippen LogP contribution is -2.49. The van der Waals surface area contributed by atoms with Crippen LogP contribution in [0.3, 0.4) is 0 Å². The van der Waals surface area contributed by atoms with Gasteiger partial charge in [-0.1, -0.05) is 115 Å². The van der Waals surface area contributed by atoms with Gasteiger partial charge in [0.15, 0.2) is 0 Å². The zero-order valence-corrected chi connectivity index (χ0v) is 29.2. The SMILES string of the molecule is CC1C=CC2=C(C1)C(C1c3ccc([C@@H]4CCCC=N4)cc3Sc3cccc(C4=CC5CC(=C4)C4C=CCCC4N5)c31)c1ccccc1S2. The van der Waals surface area contributed by atoms with Gasteiger partial charge in [0, 0.05) is 49.4 Å². The number of fused-ring (bicyclic) bond motifs is 7. The molecule has 3 aromatic rings. The van der Waals surface area contributed by atoms with Crippen LogP contribution in [0, 0.1) is 11.8 Å². The molecule has 7 aliphatic rings. The van der Waals surface area contributed by atoms with Crippen LogP contribution in [0.4, 0.5) is 0 Å². The number of hydrogen-bond donors (Lipinski definition) is 1. The Morgan fingerprint density at radius 2 is 1.75 bits per heavy atom. The van der Waals surface area contributed by atoms with E-state index in [0.717, 1.165) is 25.7 Å². The molecule has 0 saturated carbocycles. The van der Waals surface area contributed by atoms with Gasteiger partial charge in [-0.05, 0) is 114 Å². The third-order valence-corrected chi connectivity index (χ3v) is 14.2. The highest BCUT2D eigenvalue weighted by atomic mass is 32.2. The average molecular weight is 663 g/mol. The Kier molecular flexibility index (Phi) is 7.36. The standard InChI is InChI=1S/C44H42N2S2/c1-26-16-19-39-35(21-26)42(33-10-3-5-14-38(33)47-39)44-34-18-17-27(36-12-6-7-20-45-36)25-41(34)48-40-15-8-11-32(43(40)44)29-22-28-23-30(24-29)46-37-13-4-2-9-31(28)37/h2-3,5,8-11,14-20,22,24-26,30-31,36-37,42,44,46H,4,6-7,12-13,21,23H2,1H3/t26?,30?,31?,36-,37?,42?,44?/m0/s1. The predicted molar refractivity (Wildman–Crippen MR) is 202 cm³/mol. The molecule has 4 aliphatic heterocycles. The second-order valence-corrected chi connectivity index (χ2v) is 17.0. The molecule has 2 bridgehead atoms. The molecule has 0 amide bonds. The van der Waals surface area contributed by atoms with Gasteiger partial charge < -0.3 is 5.32 Å². The van der Waals surface area contributed by atoms with Gasteiger partial charge in [0.1, 0.15) is 0 Å². The van der Waals surface area contributed by atoms with Crippen molar-refractivity contribution in [1.29, 1.82) is 0 Å². The summed E-state index contributed by atoms with van der Waals surface area (Å²) in [6.07, 6.45) is 25.2. The molecule has 1 fully saturated rings. The Morgan fingerprint density at radius 3 is 2.69 bits per heavy atom. The fourth-order valence-electron chi connectivity index (χ4n) is 9.65. The number of piperidine rings is 1. The molecule has 4 heteroatoms. The van der Waals surface area contributed by atoms with E-state index in [2.05, 4.69) is 116 Å². The first-order valence-electron chi connectivity index (χ1n) is 18.2. The van der Waals surface area contributed by atoms with E-state index in [0.29, 0.717) is 29.8 Å². The third kappa shape index (κ3) is 4.93. The first-order chi connectivity index (χ1) is 23.7. The third-order valence-electron chi connectivity index (χ3n) is 11.8. The van der Waals surface area contributed by atoms with Crippen LogP contribution >= 0.6 is 23.5 Å². The van der Waals surface area contributed by atoms with Crippen molar-refractivity contribution in [1.82, 2.24) is 5.32 Å². The zero-order chi connectivity index (χ0) is 31.8. The molecule has 240 valence electrons. The maximum atomic E-state index is 4.95. The summed E-state index contributed by atoms with van der Waals surface area (Å²) in [5, 5.41) is 4.05. The summed E-state index contributed by atoms with van der Waals surface area (Å²) in [6.45, 7) is 2.39. The quantitative estimate of drug-likeness (QED) is 0.283. The summed E-state index contributed by atoms with van der Waals surface area (Å²) < 4.78 is 0. The molecule has 10 rings (SSSR count). The van der Waals surface area contributed by atoms with Gasteiger partial charge >= 0.3 is 0 Å². The Labute approximate surface area is 293 Å². The molecule has 48 heavy (non-hydrogen) atoms. The molecular weight excluding hydrogens is 621 g/mol. The Balaban J connectivity index is 1.18. The molecule has 3 aromatic carbocycles. The molecule has 1 saturated heterocycles. The minimum absolute atomic E-state index is 0.235. The van der Waals surface area contributed by atoms with E-state index < -0.39 is 0 Å². The van der Waals surface area contributed by atoms with Crippen LogP contribution in [-0.4, -0.2) is 18.3 Å². The van der Waals surface area contributed by atoms with Crippen LogP contribution in [0.2, 0.25) is 0 Å². The maximum Gasteiger partial charge on any atom is 0.0745 e. The van der Waals surface area contributed by atoms with Crippen LogP contribution in [-0.2, 0) is 0 Å². The van der Waals surface area contributed by atoms with E-state index >= 15 is 0 Å². The summed E-state index contributed by atoms with van der Waals surface area (Å²) in [5.74, 6) is 1.60. The average Bonchev–Trinajstić information content (AvgIpc) is 3.13. The number of nitrogens with zero attached hydrogens (tertiary/aromatic N) is 1. The van der Waals surface area contributed by atoms with Gasteiger partial charge in [-0.25, -0.2) is 0 Å². The lowest BCUT2D eigenvalue weighted by molar-refractivity contribution is 0.330. The normalized spacial score (nSPS) is 31.1. The van der Waals surface area contributed by atoms with E-state index in [-0.39, 0.29) is 12.0 Å². The van der Waals surface area contributed by atoms with Crippen LogP contribution in [0.5, 0.6) is 0 Å². The molecule has 1 N–H and O–H groups in total.